The third-order valence-electron chi connectivity index (χ3n) is 5.92. The van der Waals surface area contributed by atoms with Crippen LogP contribution in [0, 0.1) is 20.2 Å². The molecule has 0 saturated heterocycles. The topological polar surface area (TPSA) is 177 Å². The molecule has 4 aromatic carbocycles. The second-order valence-corrected chi connectivity index (χ2v) is 9.76. The highest BCUT2D eigenvalue weighted by Crippen LogP contribution is 2.26. The zero-order valence-corrected chi connectivity index (χ0v) is 22.1. The lowest BCUT2D eigenvalue weighted by Crippen LogP contribution is -2.47. The van der Waals surface area contributed by atoms with Crippen LogP contribution >= 0.6 is 11.8 Å². The summed E-state index contributed by atoms with van der Waals surface area (Å²) < 4.78 is 0. The fourth-order valence-electron chi connectivity index (χ4n) is 3.89. The molecule has 0 aromatic heterocycles. The van der Waals surface area contributed by atoms with Crippen molar-refractivity contribution in [2.75, 3.05) is 5.75 Å². The summed E-state index contributed by atoms with van der Waals surface area (Å²) in [5.74, 6) is -1.03. The molecular weight excluding hydrogens is 550 g/mol. The number of rotatable bonds is 11. The van der Waals surface area contributed by atoms with Crippen LogP contribution in [0.25, 0.3) is 10.8 Å². The Balaban J connectivity index is 1.54. The van der Waals surface area contributed by atoms with Gasteiger partial charge in [-0.15, -0.1) is 0 Å². The number of carbonyl (C=O) groups excluding carboxylic acids is 2. The Labute approximate surface area is 237 Å². The van der Waals surface area contributed by atoms with Crippen LogP contribution in [0.3, 0.4) is 0 Å². The van der Waals surface area contributed by atoms with Crippen molar-refractivity contribution in [1.82, 2.24) is 10.7 Å². The van der Waals surface area contributed by atoms with Crippen molar-refractivity contribution >= 4 is 51.9 Å². The lowest BCUT2D eigenvalue weighted by atomic mass is 10.0. The SMILES string of the molecule is O=C(N[C@H](CSCc1ccccc1)C(=O)NN=Cc1c(O)ccc2ccccc12)c1cc([N+](=O)[O-])cc([N+](=O)[O-])c1. The van der Waals surface area contributed by atoms with Crippen molar-refractivity contribution < 1.29 is 24.5 Å². The maximum absolute atomic E-state index is 13.1. The number of hydrazone groups is 1. The number of nitrogens with one attached hydrogen (secondary N) is 2. The maximum atomic E-state index is 13.1. The van der Waals surface area contributed by atoms with Crippen LogP contribution in [-0.2, 0) is 10.5 Å². The number of fused-ring (bicyclic) bond motifs is 1. The Bertz CT molecular complexity index is 1610. The van der Waals surface area contributed by atoms with Gasteiger partial charge in [-0.25, -0.2) is 5.43 Å². The molecule has 0 aliphatic carbocycles. The summed E-state index contributed by atoms with van der Waals surface area (Å²) in [5.41, 5.74) is 2.11. The first kappa shape index (κ1) is 28.7. The Morgan fingerprint density at radius 1 is 0.927 bits per heavy atom. The molecule has 2 amide bonds. The summed E-state index contributed by atoms with van der Waals surface area (Å²) in [7, 11) is 0. The van der Waals surface area contributed by atoms with Crippen LogP contribution < -0.4 is 10.7 Å². The maximum Gasteiger partial charge on any atom is 0.277 e. The molecule has 0 saturated carbocycles. The van der Waals surface area contributed by atoms with Gasteiger partial charge >= 0.3 is 0 Å². The number of nitro groups is 2. The lowest BCUT2D eigenvalue weighted by molar-refractivity contribution is -0.394. The van der Waals surface area contributed by atoms with Crippen molar-refractivity contribution in [3.8, 4) is 5.75 Å². The smallest absolute Gasteiger partial charge is 0.277 e. The first-order chi connectivity index (χ1) is 19.7. The van der Waals surface area contributed by atoms with Gasteiger partial charge in [0.05, 0.1) is 27.7 Å². The molecule has 0 heterocycles. The number of nitrogens with zero attached hydrogens (tertiary/aromatic N) is 3. The van der Waals surface area contributed by atoms with E-state index in [0.717, 1.165) is 29.1 Å². The monoisotopic (exact) mass is 573 g/mol. The zero-order chi connectivity index (χ0) is 29.4. The standard InChI is InChI=1S/C28H23N5O7S/c34-26-11-10-19-8-4-5-9-23(19)24(26)15-29-31-28(36)25(17-41-16-18-6-2-1-3-7-18)30-27(35)20-12-21(32(37)38)14-22(13-20)33(39)40/h1-15,25,34H,16-17H2,(H,30,35)(H,31,36)/t25-/m1/s1. The quantitative estimate of drug-likeness (QED) is 0.133. The molecule has 0 bridgehead atoms. The molecule has 1 atom stereocenters. The van der Waals surface area contributed by atoms with Gasteiger partial charge in [0.1, 0.15) is 11.8 Å². The highest BCUT2D eigenvalue weighted by atomic mass is 32.2. The van der Waals surface area contributed by atoms with E-state index in [4.69, 9.17) is 0 Å². The van der Waals surface area contributed by atoms with Crippen molar-refractivity contribution in [3.05, 3.63) is 122 Å². The van der Waals surface area contributed by atoms with Gasteiger partial charge in [-0.3, -0.25) is 29.8 Å². The number of thioether (sulfide) groups is 1. The normalized spacial score (nSPS) is 11.7. The summed E-state index contributed by atoms with van der Waals surface area (Å²) in [6.45, 7) is 0. The Hall–Kier alpha value is -5.30. The number of amides is 2. The molecule has 12 nitrogen and oxygen atoms in total. The lowest BCUT2D eigenvalue weighted by Gasteiger charge is -2.17. The van der Waals surface area contributed by atoms with Crippen LogP contribution in [0.1, 0.15) is 21.5 Å². The molecule has 0 radical (unpaired) electrons. The molecule has 4 aromatic rings. The summed E-state index contributed by atoms with van der Waals surface area (Å²) in [6.07, 6.45) is 1.29. The summed E-state index contributed by atoms with van der Waals surface area (Å²) in [5, 5.41) is 40.8. The van der Waals surface area contributed by atoms with E-state index in [1.54, 1.807) is 18.2 Å². The van der Waals surface area contributed by atoms with Crippen LogP contribution in [0.4, 0.5) is 11.4 Å². The highest BCUT2D eigenvalue weighted by molar-refractivity contribution is 7.98. The number of phenols is 1. The Kier molecular flexibility index (Phi) is 9.22. The van der Waals surface area contributed by atoms with E-state index in [1.807, 2.05) is 42.5 Å². The van der Waals surface area contributed by atoms with Gasteiger partial charge in [-0.05, 0) is 22.4 Å². The second-order valence-electron chi connectivity index (χ2n) is 8.73. The second kappa shape index (κ2) is 13.2. The largest absolute Gasteiger partial charge is 0.507 e. The van der Waals surface area contributed by atoms with E-state index >= 15 is 0 Å². The van der Waals surface area contributed by atoms with Gasteiger partial charge in [-0.1, -0.05) is 60.7 Å². The minimum absolute atomic E-state index is 0.0442. The predicted molar refractivity (Wildman–Crippen MR) is 155 cm³/mol. The van der Waals surface area contributed by atoms with E-state index < -0.39 is 39.1 Å². The Morgan fingerprint density at radius 3 is 2.27 bits per heavy atom. The minimum Gasteiger partial charge on any atom is -0.507 e. The fraction of sp³-hybridized carbons (Fsp3) is 0.107. The van der Waals surface area contributed by atoms with Crippen molar-refractivity contribution in [3.63, 3.8) is 0 Å². The molecule has 0 aliphatic heterocycles. The zero-order valence-electron chi connectivity index (χ0n) is 21.3. The number of benzene rings is 4. The number of phenolic OH excluding ortho intramolecular Hbond substituents is 1. The number of non-ortho nitro benzene ring substituents is 2. The number of nitro benzene ring substituents is 2. The van der Waals surface area contributed by atoms with Gasteiger partial charge in [0.2, 0.25) is 0 Å². The van der Waals surface area contributed by atoms with Crippen molar-refractivity contribution in [2.24, 2.45) is 5.10 Å². The van der Waals surface area contributed by atoms with E-state index in [9.17, 15) is 34.9 Å². The van der Waals surface area contributed by atoms with Gasteiger partial charge < -0.3 is 10.4 Å². The molecular formula is C28H23N5O7S. The van der Waals surface area contributed by atoms with Crippen molar-refractivity contribution in [1.29, 1.82) is 0 Å². The highest BCUT2D eigenvalue weighted by Gasteiger charge is 2.25. The van der Waals surface area contributed by atoms with Crippen LogP contribution in [0.15, 0.2) is 90.0 Å². The van der Waals surface area contributed by atoms with E-state index in [-0.39, 0.29) is 17.1 Å². The van der Waals surface area contributed by atoms with Crippen molar-refractivity contribution in [2.45, 2.75) is 11.8 Å². The molecule has 4 rings (SSSR count). The van der Waals surface area contributed by atoms with Crippen LogP contribution in [-0.4, -0.2) is 44.8 Å². The first-order valence-corrected chi connectivity index (χ1v) is 13.3. The van der Waals surface area contributed by atoms with E-state index in [1.165, 1.54) is 24.0 Å². The molecule has 3 N–H and O–H groups in total. The average Bonchev–Trinajstić information content (AvgIpc) is 2.97. The average molecular weight is 574 g/mol. The number of hydrogen-bond donors (Lipinski definition) is 3. The van der Waals surface area contributed by atoms with E-state index in [2.05, 4.69) is 15.8 Å². The number of aromatic hydroxyl groups is 1. The first-order valence-electron chi connectivity index (χ1n) is 12.1. The number of carbonyl (C=O) groups is 2. The third kappa shape index (κ3) is 7.42. The molecule has 0 aliphatic rings. The summed E-state index contributed by atoms with van der Waals surface area (Å²) in [4.78, 5) is 46.9. The third-order valence-corrected chi connectivity index (χ3v) is 7.03. The van der Waals surface area contributed by atoms with Gasteiger partial charge in [0, 0.05) is 29.2 Å². The predicted octanol–water partition coefficient (Wildman–Crippen LogP) is 4.54. The molecule has 0 fully saturated rings. The molecule has 41 heavy (non-hydrogen) atoms. The fourth-order valence-corrected chi connectivity index (χ4v) is 4.90. The molecule has 13 heteroatoms. The van der Waals surface area contributed by atoms with Gasteiger partial charge in [0.15, 0.2) is 0 Å². The number of hydrogen-bond acceptors (Lipinski definition) is 9. The minimum atomic E-state index is -1.16. The van der Waals surface area contributed by atoms with Gasteiger partial charge in [0.25, 0.3) is 23.2 Å². The van der Waals surface area contributed by atoms with Crippen LogP contribution in [0.5, 0.6) is 5.75 Å². The van der Waals surface area contributed by atoms with E-state index in [0.29, 0.717) is 16.7 Å². The molecule has 0 spiro atoms. The van der Waals surface area contributed by atoms with Gasteiger partial charge in [-0.2, -0.15) is 16.9 Å². The summed E-state index contributed by atoms with van der Waals surface area (Å²) in [6, 6.07) is 21.3. The van der Waals surface area contributed by atoms with Crippen LogP contribution in [0.2, 0.25) is 0 Å². The Morgan fingerprint density at radius 2 is 1.59 bits per heavy atom. The summed E-state index contributed by atoms with van der Waals surface area (Å²) >= 11 is 1.35. The molecule has 0 unspecified atom stereocenters. The molecule has 208 valence electrons.